The van der Waals surface area contributed by atoms with E-state index in [0.29, 0.717) is 13.0 Å². The summed E-state index contributed by atoms with van der Waals surface area (Å²) in [6.45, 7) is 2.53. The summed E-state index contributed by atoms with van der Waals surface area (Å²) in [5.74, 6) is -0.0671. The lowest BCUT2D eigenvalue weighted by atomic mass is 10.1. The van der Waals surface area contributed by atoms with Crippen LogP contribution in [0.2, 0.25) is 0 Å². The number of amides is 1. The van der Waals surface area contributed by atoms with Crippen molar-refractivity contribution in [2.75, 3.05) is 11.4 Å². The Bertz CT molecular complexity index is 542. The van der Waals surface area contributed by atoms with Crippen LogP contribution in [0.25, 0.3) is 0 Å². The Morgan fingerprint density at radius 3 is 2.45 bits per heavy atom. The fraction of sp³-hybridized carbons (Fsp3) is 0.250. The quantitative estimate of drug-likeness (QED) is 0.903. The average Bonchev–Trinajstić information content (AvgIpc) is 2.50. The Morgan fingerprint density at radius 1 is 1.20 bits per heavy atom. The molecule has 0 saturated heterocycles. The van der Waals surface area contributed by atoms with Gasteiger partial charge in [0.2, 0.25) is 5.91 Å². The fourth-order valence-electron chi connectivity index (χ4n) is 2.15. The predicted molar refractivity (Wildman–Crippen MR) is 80.4 cm³/mol. The van der Waals surface area contributed by atoms with Crippen molar-refractivity contribution in [2.45, 2.75) is 19.4 Å². The van der Waals surface area contributed by atoms with Crippen LogP contribution in [0.5, 0.6) is 0 Å². The van der Waals surface area contributed by atoms with Gasteiger partial charge in [0.1, 0.15) is 0 Å². The highest BCUT2D eigenvalue weighted by molar-refractivity contribution is 5.97. The van der Waals surface area contributed by atoms with Gasteiger partial charge in [-0.2, -0.15) is 0 Å². The molecule has 2 aromatic rings. The lowest BCUT2D eigenvalue weighted by molar-refractivity contribution is -0.119. The van der Waals surface area contributed by atoms with E-state index in [1.165, 1.54) is 0 Å². The van der Waals surface area contributed by atoms with Gasteiger partial charge in [-0.05, 0) is 31.0 Å². The molecule has 1 atom stereocenters. The molecule has 0 aliphatic heterocycles. The summed E-state index contributed by atoms with van der Waals surface area (Å²) in [4.78, 5) is 18.1. The van der Waals surface area contributed by atoms with E-state index in [4.69, 9.17) is 5.73 Å². The molecule has 4 nitrogen and oxygen atoms in total. The maximum atomic E-state index is 12.5. The summed E-state index contributed by atoms with van der Waals surface area (Å²) < 4.78 is 0. The Kier molecular flexibility index (Phi) is 4.85. The first-order valence-electron chi connectivity index (χ1n) is 6.73. The minimum atomic E-state index is -0.537. The van der Waals surface area contributed by atoms with Gasteiger partial charge in [-0.1, -0.05) is 30.3 Å². The number of aromatic nitrogens is 1. The van der Waals surface area contributed by atoms with Crippen LogP contribution in [-0.4, -0.2) is 23.5 Å². The molecule has 20 heavy (non-hydrogen) atoms. The second-order valence-corrected chi connectivity index (χ2v) is 4.58. The zero-order valence-electron chi connectivity index (χ0n) is 11.6. The fourth-order valence-corrected chi connectivity index (χ4v) is 2.15. The smallest absolute Gasteiger partial charge is 0.244 e. The van der Waals surface area contributed by atoms with Crippen molar-refractivity contribution in [2.24, 2.45) is 5.73 Å². The SMILES string of the molecule is CCN(C(=O)[C@@H](N)Cc1ccccc1)c1ccncc1. The minimum Gasteiger partial charge on any atom is -0.320 e. The average molecular weight is 269 g/mol. The van der Waals surface area contributed by atoms with Crippen LogP contribution >= 0.6 is 0 Å². The van der Waals surface area contributed by atoms with Gasteiger partial charge in [0.05, 0.1) is 6.04 Å². The standard InChI is InChI=1S/C16H19N3O/c1-2-19(14-8-10-18-11-9-14)16(20)15(17)12-13-6-4-3-5-7-13/h3-11,15H,2,12,17H2,1H3/t15-/m0/s1. The van der Waals surface area contributed by atoms with Crippen molar-refractivity contribution in [1.29, 1.82) is 0 Å². The van der Waals surface area contributed by atoms with Gasteiger partial charge in [-0.3, -0.25) is 9.78 Å². The first-order chi connectivity index (χ1) is 9.72. The number of benzene rings is 1. The van der Waals surface area contributed by atoms with E-state index >= 15 is 0 Å². The number of hydrogen-bond donors (Lipinski definition) is 1. The summed E-state index contributed by atoms with van der Waals surface area (Å²) >= 11 is 0. The number of carbonyl (C=O) groups is 1. The summed E-state index contributed by atoms with van der Waals surface area (Å²) in [5, 5.41) is 0. The van der Waals surface area contributed by atoms with Gasteiger partial charge in [-0.25, -0.2) is 0 Å². The Hall–Kier alpha value is -2.20. The third-order valence-corrected chi connectivity index (χ3v) is 3.17. The molecule has 2 N–H and O–H groups in total. The van der Waals surface area contributed by atoms with Crippen LogP contribution in [0, 0.1) is 0 Å². The zero-order chi connectivity index (χ0) is 14.4. The third kappa shape index (κ3) is 3.42. The number of pyridine rings is 1. The molecule has 1 aromatic carbocycles. The van der Waals surface area contributed by atoms with Gasteiger partial charge in [0, 0.05) is 24.6 Å². The highest BCUT2D eigenvalue weighted by atomic mass is 16.2. The first-order valence-corrected chi connectivity index (χ1v) is 6.73. The molecular weight excluding hydrogens is 250 g/mol. The van der Waals surface area contributed by atoms with E-state index in [2.05, 4.69) is 4.98 Å². The van der Waals surface area contributed by atoms with E-state index in [9.17, 15) is 4.79 Å². The van der Waals surface area contributed by atoms with Crippen molar-refractivity contribution in [3.63, 3.8) is 0 Å². The molecule has 1 aromatic heterocycles. The van der Waals surface area contributed by atoms with Crippen molar-refractivity contribution in [3.05, 3.63) is 60.4 Å². The largest absolute Gasteiger partial charge is 0.320 e. The molecule has 0 unspecified atom stereocenters. The Balaban J connectivity index is 2.09. The topological polar surface area (TPSA) is 59.2 Å². The molecule has 2 rings (SSSR count). The van der Waals surface area contributed by atoms with Gasteiger partial charge < -0.3 is 10.6 Å². The second-order valence-electron chi connectivity index (χ2n) is 4.58. The van der Waals surface area contributed by atoms with Crippen LogP contribution in [-0.2, 0) is 11.2 Å². The summed E-state index contributed by atoms with van der Waals surface area (Å²) in [5.41, 5.74) is 7.95. The van der Waals surface area contributed by atoms with Gasteiger partial charge in [0.25, 0.3) is 0 Å². The third-order valence-electron chi connectivity index (χ3n) is 3.17. The van der Waals surface area contributed by atoms with Crippen molar-refractivity contribution >= 4 is 11.6 Å². The number of likely N-dealkylation sites (N-methyl/N-ethyl adjacent to an activating group) is 1. The van der Waals surface area contributed by atoms with E-state index in [0.717, 1.165) is 11.3 Å². The van der Waals surface area contributed by atoms with E-state index in [1.807, 2.05) is 49.4 Å². The lowest BCUT2D eigenvalue weighted by Gasteiger charge is -2.24. The molecule has 0 bridgehead atoms. The van der Waals surface area contributed by atoms with Crippen molar-refractivity contribution in [1.82, 2.24) is 4.98 Å². The summed E-state index contributed by atoms with van der Waals surface area (Å²) in [6.07, 6.45) is 3.89. The molecule has 1 heterocycles. The molecule has 1 amide bonds. The normalized spacial score (nSPS) is 11.9. The maximum Gasteiger partial charge on any atom is 0.244 e. The van der Waals surface area contributed by atoms with E-state index < -0.39 is 6.04 Å². The number of nitrogens with two attached hydrogens (primary N) is 1. The minimum absolute atomic E-state index is 0.0671. The van der Waals surface area contributed by atoms with Crippen LogP contribution in [0.3, 0.4) is 0 Å². The van der Waals surface area contributed by atoms with Gasteiger partial charge >= 0.3 is 0 Å². The lowest BCUT2D eigenvalue weighted by Crippen LogP contribution is -2.45. The highest BCUT2D eigenvalue weighted by Gasteiger charge is 2.21. The molecule has 4 heteroatoms. The highest BCUT2D eigenvalue weighted by Crippen LogP contribution is 2.14. The maximum absolute atomic E-state index is 12.5. The van der Waals surface area contributed by atoms with E-state index in [-0.39, 0.29) is 5.91 Å². The summed E-state index contributed by atoms with van der Waals surface area (Å²) in [6, 6.07) is 12.9. The number of anilines is 1. The number of nitrogens with zero attached hydrogens (tertiary/aromatic N) is 2. The molecule has 104 valence electrons. The van der Waals surface area contributed by atoms with Gasteiger partial charge in [0.15, 0.2) is 0 Å². The molecule has 0 aliphatic rings. The van der Waals surface area contributed by atoms with Crippen LogP contribution in [0.1, 0.15) is 12.5 Å². The molecule has 0 saturated carbocycles. The molecular formula is C16H19N3O. The molecule has 0 spiro atoms. The monoisotopic (exact) mass is 269 g/mol. The number of carbonyl (C=O) groups excluding carboxylic acids is 1. The van der Waals surface area contributed by atoms with Crippen LogP contribution in [0.4, 0.5) is 5.69 Å². The van der Waals surface area contributed by atoms with E-state index in [1.54, 1.807) is 17.3 Å². The Labute approximate surface area is 119 Å². The number of rotatable bonds is 5. The van der Waals surface area contributed by atoms with Crippen molar-refractivity contribution < 1.29 is 4.79 Å². The van der Waals surface area contributed by atoms with Crippen LogP contribution in [0.15, 0.2) is 54.9 Å². The van der Waals surface area contributed by atoms with Gasteiger partial charge in [-0.15, -0.1) is 0 Å². The molecule has 0 fully saturated rings. The Morgan fingerprint density at radius 2 is 1.85 bits per heavy atom. The molecule has 0 aliphatic carbocycles. The van der Waals surface area contributed by atoms with Crippen LogP contribution < -0.4 is 10.6 Å². The summed E-state index contributed by atoms with van der Waals surface area (Å²) in [7, 11) is 0. The first kappa shape index (κ1) is 14.2. The number of hydrogen-bond acceptors (Lipinski definition) is 3. The molecule has 0 radical (unpaired) electrons. The van der Waals surface area contributed by atoms with Crippen molar-refractivity contribution in [3.8, 4) is 0 Å². The predicted octanol–water partition coefficient (Wildman–Crippen LogP) is 2.00. The second kappa shape index (κ2) is 6.82. The zero-order valence-corrected chi connectivity index (χ0v) is 11.6.